The van der Waals surface area contributed by atoms with Crippen LogP contribution in [0.4, 0.5) is 0 Å². The van der Waals surface area contributed by atoms with E-state index >= 15 is 0 Å². The maximum atomic E-state index is 13.2. The van der Waals surface area contributed by atoms with Gasteiger partial charge in [0.05, 0.1) is 40.8 Å². The van der Waals surface area contributed by atoms with Crippen LogP contribution in [0.2, 0.25) is 0 Å². The van der Waals surface area contributed by atoms with Gasteiger partial charge in [0.2, 0.25) is 0 Å². The highest BCUT2D eigenvalue weighted by atomic mass is 16.6. The van der Waals surface area contributed by atoms with Crippen molar-refractivity contribution in [2.24, 2.45) is 0 Å². The number of aliphatic hydroxyl groups is 1. The Morgan fingerprint density at radius 1 is 1.24 bits per heavy atom. The monoisotopic (exact) mass is 458 g/mol. The summed E-state index contributed by atoms with van der Waals surface area (Å²) in [5.74, 6) is -0.937. The van der Waals surface area contributed by atoms with Gasteiger partial charge in [0.15, 0.2) is 5.60 Å². The SMILES string of the molecule is CCC1(O)C(=O)OCc2c1cc1n(c2=O)Cc2cc3cc(OC(=O)c4ccoc4)ccc3nc2-1. The van der Waals surface area contributed by atoms with E-state index in [-0.39, 0.29) is 36.3 Å². The van der Waals surface area contributed by atoms with Crippen LogP contribution in [0.15, 0.2) is 58.1 Å². The van der Waals surface area contributed by atoms with Crippen molar-refractivity contribution in [2.75, 3.05) is 0 Å². The van der Waals surface area contributed by atoms with Gasteiger partial charge >= 0.3 is 11.9 Å². The number of pyridine rings is 2. The molecule has 1 atom stereocenters. The number of carbonyl (C=O) groups excluding carboxylic acids is 2. The standard InChI is InChI=1S/C25H18N2O7/c1-2-25(31)18-9-20-21-15(10-27(20)22(28)17(18)12-33-24(25)30)7-14-8-16(3-4-19(14)26-21)34-23(29)13-5-6-32-11-13/h3-9,11,31H,2,10,12H2,1H3. The first-order chi connectivity index (χ1) is 16.4. The van der Waals surface area contributed by atoms with E-state index < -0.39 is 17.5 Å². The third-order valence-corrected chi connectivity index (χ3v) is 6.45. The molecule has 170 valence electrons. The van der Waals surface area contributed by atoms with E-state index in [0.717, 1.165) is 10.9 Å². The zero-order valence-corrected chi connectivity index (χ0v) is 18.0. The molecule has 9 nitrogen and oxygen atoms in total. The number of cyclic esters (lactones) is 1. The highest BCUT2D eigenvalue weighted by Crippen LogP contribution is 2.38. The van der Waals surface area contributed by atoms with E-state index in [1.54, 1.807) is 35.8 Å². The van der Waals surface area contributed by atoms with Crippen LogP contribution >= 0.6 is 0 Å². The largest absolute Gasteiger partial charge is 0.472 e. The minimum Gasteiger partial charge on any atom is -0.472 e. The van der Waals surface area contributed by atoms with E-state index in [0.29, 0.717) is 28.2 Å². The molecule has 0 amide bonds. The molecule has 34 heavy (non-hydrogen) atoms. The van der Waals surface area contributed by atoms with Crippen LogP contribution in [0.25, 0.3) is 22.3 Å². The van der Waals surface area contributed by atoms with Crippen molar-refractivity contribution in [2.45, 2.75) is 32.1 Å². The van der Waals surface area contributed by atoms with E-state index in [1.165, 1.54) is 18.6 Å². The molecule has 1 N–H and O–H groups in total. The number of esters is 2. The summed E-state index contributed by atoms with van der Waals surface area (Å²) in [5, 5.41) is 11.7. The third kappa shape index (κ3) is 2.83. The summed E-state index contributed by atoms with van der Waals surface area (Å²) in [7, 11) is 0. The Hall–Kier alpha value is -4.24. The summed E-state index contributed by atoms with van der Waals surface area (Å²) >= 11 is 0. The normalized spacial score (nSPS) is 18.2. The molecule has 4 aromatic rings. The Morgan fingerprint density at radius 2 is 2.09 bits per heavy atom. The molecule has 2 aliphatic heterocycles. The van der Waals surface area contributed by atoms with E-state index in [1.807, 2.05) is 6.07 Å². The molecule has 9 heteroatoms. The Kier molecular flexibility index (Phi) is 4.27. The first-order valence-corrected chi connectivity index (χ1v) is 10.7. The lowest BCUT2D eigenvalue weighted by Gasteiger charge is -2.31. The minimum atomic E-state index is -1.87. The van der Waals surface area contributed by atoms with Gasteiger partial charge in [0.25, 0.3) is 5.56 Å². The number of carbonyl (C=O) groups is 2. The Labute approximate surface area is 192 Å². The van der Waals surface area contributed by atoms with Crippen LogP contribution < -0.4 is 10.3 Å². The molecule has 3 aromatic heterocycles. The molecule has 0 fully saturated rings. The molecular formula is C25H18N2O7. The lowest BCUT2D eigenvalue weighted by Crippen LogP contribution is -2.44. The van der Waals surface area contributed by atoms with Crippen molar-refractivity contribution in [1.82, 2.24) is 9.55 Å². The second kappa shape index (κ2) is 7.13. The molecule has 6 rings (SSSR count). The second-order valence-corrected chi connectivity index (χ2v) is 8.36. The number of hydrogen-bond acceptors (Lipinski definition) is 8. The number of benzene rings is 1. The first kappa shape index (κ1) is 20.4. The predicted molar refractivity (Wildman–Crippen MR) is 118 cm³/mol. The van der Waals surface area contributed by atoms with Crippen LogP contribution in [0, 0.1) is 0 Å². The highest BCUT2D eigenvalue weighted by molar-refractivity contribution is 5.92. The summed E-state index contributed by atoms with van der Waals surface area (Å²) < 4.78 is 17.0. The van der Waals surface area contributed by atoms with Crippen molar-refractivity contribution >= 4 is 22.8 Å². The van der Waals surface area contributed by atoms with Crippen molar-refractivity contribution in [3.63, 3.8) is 0 Å². The Morgan fingerprint density at radius 3 is 2.85 bits per heavy atom. The Bertz CT molecular complexity index is 1570. The maximum absolute atomic E-state index is 13.2. The van der Waals surface area contributed by atoms with Crippen LogP contribution in [-0.4, -0.2) is 26.6 Å². The van der Waals surface area contributed by atoms with Crippen molar-refractivity contribution in [3.8, 4) is 17.1 Å². The van der Waals surface area contributed by atoms with Crippen LogP contribution in [0.5, 0.6) is 5.75 Å². The summed E-state index contributed by atoms with van der Waals surface area (Å²) in [6.07, 6.45) is 2.79. The van der Waals surface area contributed by atoms with Gasteiger partial charge in [-0.05, 0) is 42.8 Å². The second-order valence-electron chi connectivity index (χ2n) is 8.36. The number of aromatic nitrogens is 2. The summed E-state index contributed by atoms with van der Waals surface area (Å²) in [4.78, 5) is 42.5. The highest BCUT2D eigenvalue weighted by Gasteiger charge is 2.45. The average molecular weight is 458 g/mol. The fourth-order valence-corrected chi connectivity index (χ4v) is 4.57. The van der Waals surface area contributed by atoms with E-state index in [9.17, 15) is 19.5 Å². The fraction of sp³-hybridized carbons (Fsp3) is 0.200. The van der Waals surface area contributed by atoms with Crippen molar-refractivity contribution in [1.29, 1.82) is 0 Å². The van der Waals surface area contributed by atoms with Crippen LogP contribution in [-0.2, 0) is 28.3 Å². The first-order valence-electron chi connectivity index (χ1n) is 10.7. The molecular weight excluding hydrogens is 440 g/mol. The molecule has 0 spiro atoms. The third-order valence-electron chi connectivity index (χ3n) is 6.45. The quantitative estimate of drug-likeness (QED) is 0.324. The zero-order chi connectivity index (χ0) is 23.6. The molecule has 0 bridgehead atoms. The van der Waals surface area contributed by atoms with Crippen LogP contribution in [0.3, 0.4) is 0 Å². The smallest absolute Gasteiger partial charge is 0.346 e. The lowest BCUT2D eigenvalue weighted by atomic mass is 9.86. The molecule has 1 aromatic carbocycles. The number of nitrogens with zero attached hydrogens (tertiary/aromatic N) is 2. The number of hydrogen-bond donors (Lipinski definition) is 1. The van der Waals surface area contributed by atoms with Gasteiger partial charge in [0, 0.05) is 16.5 Å². The molecule has 0 aliphatic carbocycles. The summed E-state index contributed by atoms with van der Waals surface area (Å²) in [6.45, 7) is 1.78. The lowest BCUT2D eigenvalue weighted by molar-refractivity contribution is -0.172. The predicted octanol–water partition coefficient (Wildman–Crippen LogP) is 2.89. The molecule has 1 unspecified atom stereocenters. The van der Waals surface area contributed by atoms with Crippen molar-refractivity contribution < 1.29 is 28.6 Å². The maximum Gasteiger partial charge on any atom is 0.346 e. The summed E-state index contributed by atoms with van der Waals surface area (Å²) in [6, 6.07) is 10.2. The van der Waals surface area contributed by atoms with Gasteiger partial charge in [-0.3, -0.25) is 4.79 Å². The summed E-state index contributed by atoms with van der Waals surface area (Å²) in [5.41, 5.74) is 1.27. The molecule has 2 aliphatic rings. The number of rotatable bonds is 3. The molecule has 0 saturated heterocycles. The van der Waals surface area contributed by atoms with E-state index in [4.69, 9.17) is 18.9 Å². The fourth-order valence-electron chi connectivity index (χ4n) is 4.57. The van der Waals surface area contributed by atoms with Crippen molar-refractivity contribution in [3.05, 3.63) is 81.5 Å². The van der Waals surface area contributed by atoms with Crippen LogP contribution in [0.1, 0.15) is 40.4 Å². The molecule has 5 heterocycles. The van der Waals surface area contributed by atoms with Gasteiger partial charge < -0.3 is 23.6 Å². The van der Waals surface area contributed by atoms with Gasteiger partial charge in [-0.15, -0.1) is 0 Å². The van der Waals surface area contributed by atoms with Gasteiger partial charge in [-0.1, -0.05) is 6.92 Å². The number of ether oxygens (including phenoxy) is 2. The van der Waals surface area contributed by atoms with Gasteiger partial charge in [-0.2, -0.15) is 0 Å². The van der Waals surface area contributed by atoms with E-state index in [2.05, 4.69) is 0 Å². The minimum absolute atomic E-state index is 0.0834. The number of furan rings is 1. The number of fused-ring (bicyclic) bond motifs is 5. The molecule has 0 radical (unpaired) electrons. The topological polar surface area (TPSA) is 121 Å². The Balaban J connectivity index is 1.43. The zero-order valence-electron chi connectivity index (χ0n) is 18.0. The molecule has 0 saturated carbocycles. The average Bonchev–Trinajstić information content (AvgIpc) is 3.49. The van der Waals surface area contributed by atoms with Gasteiger partial charge in [-0.25, -0.2) is 14.6 Å². The van der Waals surface area contributed by atoms with Gasteiger partial charge in [0.1, 0.15) is 18.6 Å².